The molecule has 8 nitrogen and oxygen atoms in total. The van der Waals surface area contributed by atoms with E-state index in [4.69, 9.17) is 0 Å². The number of halogens is 2. The molecule has 4 N–H and O–H groups in total. The van der Waals surface area contributed by atoms with E-state index in [-0.39, 0.29) is 35.2 Å². The van der Waals surface area contributed by atoms with E-state index in [0.29, 0.717) is 18.7 Å². The Bertz CT molecular complexity index is 1200. The normalized spacial score (nSPS) is 10.9. The van der Waals surface area contributed by atoms with Crippen LogP contribution in [0.1, 0.15) is 16.7 Å². The third kappa shape index (κ3) is 6.70. The Hall–Kier alpha value is -4.60. The van der Waals surface area contributed by atoms with Gasteiger partial charge in [0.25, 0.3) is 0 Å². The molecular formula is C24H21F2N7O. The molecule has 0 amide bonds. The minimum atomic E-state index is -0.313. The first-order valence-electron chi connectivity index (χ1n) is 10.3. The van der Waals surface area contributed by atoms with Crippen molar-refractivity contribution in [2.75, 3.05) is 16.1 Å². The zero-order valence-electron chi connectivity index (χ0n) is 17.9. The maximum absolute atomic E-state index is 13.1. The third-order valence-electron chi connectivity index (χ3n) is 4.61. The van der Waals surface area contributed by atoms with E-state index in [1.807, 2.05) is 0 Å². The van der Waals surface area contributed by atoms with Crippen molar-refractivity contribution in [2.45, 2.75) is 13.1 Å². The summed E-state index contributed by atoms with van der Waals surface area (Å²) in [7, 11) is 0. The highest BCUT2D eigenvalue weighted by Gasteiger charge is 2.07. The zero-order chi connectivity index (χ0) is 23.8. The van der Waals surface area contributed by atoms with Gasteiger partial charge in [-0.2, -0.15) is 20.1 Å². The molecule has 0 spiro atoms. The number of nitrogens with zero attached hydrogens (tertiary/aromatic N) is 4. The molecule has 172 valence electrons. The van der Waals surface area contributed by atoms with Gasteiger partial charge in [-0.25, -0.2) is 14.2 Å². The molecule has 0 radical (unpaired) electrons. The minimum absolute atomic E-state index is 0.128. The molecule has 0 bridgehead atoms. The maximum Gasteiger partial charge on any atom is 0.250 e. The van der Waals surface area contributed by atoms with Gasteiger partial charge in [-0.05, 0) is 53.1 Å². The second kappa shape index (κ2) is 10.8. The summed E-state index contributed by atoms with van der Waals surface area (Å²) >= 11 is 0. The molecule has 0 unspecified atom stereocenters. The Morgan fingerprint density at radius 3 is 1.79 bits per heavy atom. The summed E-state index contributed by atoms with van der Waals surface area (Å²) in [6, 6.07) is 18.8. The molecule has 0 fully saturated rings. The third-order valence-corrected chi connectivity index (χ3v) is 4.61. The number of anilines is 3. The maximum atomic E-state index is 13.1. The number of aromatic nitrogens is 3. The lowest BCUT2D eigenvalue weighted by Crippen LogP contribution is -2.11. The van der Waals surface area contributed by atoms with Crippen LogP contribution in [0.2, 0.25) is 0 Å². The van der Waals surface area contributed by atoms with E-state index in [1.165, 1.54) is 30.5 Å². The minimum Gasteiger partial charge on any atom is -0.508 e. The lowest BCUT2D eigenvalue weighted by molar-refractivity contribution is 0.475. The Morgan fingerprint density at radius 1 is 0.735 bits per heavy atom. The van der Waals surface area contributed by atoms with Gasteiger partial charge in [-0.15, -0.1) is 0 Å². The molecule has 1 aromatic heterocycles. The second-order valence-corrected chi connectivity index (χ2v) is 7.23. The summed E-state index contributed by atoms with van der Waals surface area (Å²) in [4.78, 5) is 13.0. The Kier molecular flexibility index (Phi) is 7.19. The largest absolute Gasteiger partial charge is 0.508 e. The van der Waals surface area contributed by atoms with Crippen LogP contribution in [-0.2, 0) is 13.1 Å². The van der Waals surface area contributed by atoms with E-state index in [2.05, 4.69) is 36.1 Å². The highest BCUT2D eigenvalue weighted by atomic mass is 19.1. The van der Waals surface area contributed by atoms with Gasteiger partial charge >= 0.3 is 0 Å². The highest BCUT2D eigenvalue weighted by Crippen LogP contribution is 2.14. The molecule has 0 aliphatic carbocycles. The summed E-state index contributed by atoms with van der Waals surface area (Å²) in [5.41, 5.74) is 5.13. The van der Waals surface area contributed by atoms with Crippen molar-refractivity contribution < 1.29 is 13.9 Å². The number of rotatable bonds is 9. The number of aromatic hydroxyl groups is 1. The van der Waals surface area contributed by atoms with Crippen LogP contribution in [0.25, 0.3) is 0 Å². The van der Waals surface area contributed by atoms with E-state index in [0.717, 1.165) is 11.1 Å². The molecule has 0 saturated carbocycles. The van der Waals surface area contributed by atoms with Crippen molar-refractivity contribution in [1.82, 2.24) is 15.0 Å². The SMILES string of the molecule is Oc1cccc(/C=N/Nc2nc(NCc3ccc(F)cc3)nc(NCc3ccc(F)cc3)n2)c1. The van der Waals surface area contributed by atoms with Gasteiger partial charge in [-0.1, -0.05) is 36.4 Å². The molecular weight excluding hydrogens is 440 g/mol. The first-order valence-corrected chi connectivity index (χ1v) is 10.3. The van der Waals surface area contributed by atoms with Crippen LogP contribution < -0.4 is 16.1 Å². The Balaban J connectivity index is 1.49. The van der Waals surface area contributed by atoms with Crippen LogP contribution in [0, 0.1) is 11.6 Å². The van der Waals surface area contributed by atoms with Crippen molar-refractivity contribution in [3.05, 3.63) is 101 Å². The van der Waals surface area contributed by atoms with E-state index >= 15 is 0 Å². The topological polar surface area (TPSA) is 107 Å². The molecule has 4 rings (SSSR count). The van der Waals surface area contributed by atoms with Gasteiger partial charge in [0.05, 0.1) is 6.21 Å². The average Bonchev–Trinajstić information content (AvgIpc) is 2.83. The van der Waals surface area contributed by atoms with Gasteiger partial charge < -0.3 is 15.7 Å². The van der Waals surface area contributed by atoms with Gasteiger partial charge in [0.1, 0.15) is 17.4 Å². The standard InChI is InChI=1S/C24H21F2N7O/c25-19-8-4-16(5-9-19)13-27-22-30-23(28-14-17-6-10-20(26)11-7-17)32-24(31-22)33-29-15-18-2-1-3-21(34)12-18/h1-12,15,34H,13-14H2,(H3,27,28,30,31,32,33)/b29-15+. The molecule has 0 atom stereocenters. The lowest BCUT2D eigenvalue weighted by atomic mass is 10.2. The molecule has 0 aliphatic rings. The number of hydrogen-bond donors (Lipinski definition) is 4. The van der Waals surface area contributed by atoms with Crippen LogP contribution in [0.4, 0.5) is 26.6 Å². The van der Waals surface area contributed by atoms with Crippen LogP contribution in [-0.4, -0.2) is 26.3 Å². The quantitative estimate of drug-likeness (QED) is 0.214. The summed E-state index contributed by atoms with van der Waals surface area (Å²) in [6.45, 7) is 0.737. The van der Waals surface area contributed by atoms with Crippen molar-refractivity contribution in [3.8, 4) is 5.75 Å². The van der Waals surface area contributed by atoms with Crippen LogP contribution in [0.5, 0.6) is 5.75 Å². The molecule has 10 heteroatoms. The smallest absolute Gasteiger partial charge is 0.250 e. The predicted molar refractivity (Wildman–Crippen MR) is 127 cm³/mol. The summed E-state index contributed by atoms with van der Waals surface area (Å²) in [6.07, 6.45) is 1.51. The number of nitrogens with one attached hydrogen (secondary N) is 3. The lowest BCUT2D eigenvalue weighted by Gasteiger charge is -2.10. The summed E-state index contributed by atoms with van der Waals surface area (Å²) in [5.74, 6) is 0.227. The number of hydrogen-bond acceptors (Lipinski definition) is 8. The number of phenolic OH excluding ortho intramolecular Hbond substituents is 1. The molecule has 1 heterocycles. The van der Waals surface area contributed by atoms with Crippen LogP contribution >= 0.6 is 0 Å². The number of hydrazone groups is 1. The van der Waals surface area contributed by atoms with Crippen molar-refractivity contribution in [1.29, 1.82) is 0 Å². The predicted octanol–water partition coefficient (Wildman–Crippen LogP) is 4.53. The van der Waals surface area contributed by atoms with Gasteiger partial charge in [0, 0.05) is 13.1 Å². The van der Waals surface area contributed by atoms with E-state index in [9.17, 15) is 13.9 Å². The number of benzene rings is 3. The van der Waals surface area contributed by atoms with Gasteiger partial charge in [0.15, 0.2) is 0 Å². The highest BCUT2D eigenvalue weighted by molar-refractivity contribution is 5.80. The van der Waals surface area contributed by atoms with Crippen molar-refractivity contribution >= 4 is 24.1 Å². The summed E-state index contributed by atoms with van der Waals surface area (Å²) < 4.78 is 26.3. The monoisotopic (exact) mass is 461 g/mol. The number of phenols is 1. The van der Waals surface area contributed by atoms with Crippen molar-refractivity contribution in [2.24, 2.45) is 5.10 Å². The first-order chi connectivity index (χ1) is 16.5. The Labute approximate surface area is 194 Å². The van der Waals surface area contributed by atoms with E-state index < -0.39 is 0 Å². The van der Waals surface area contributed by atoms with Crippen LogP contribution in [0.15, 0.2) is 77.9 Å². The van der Waals surface area contributed by atoms with Crippen molar-refractivity contribution in [3.63, 3.8) is 0 Å². The Morgan fingerprint density at radius 2 is 1.26 bits per heavy atom. The molecule has 3 aromatic carbocycles. The fourth-order valence-electron chi connectivity index (χ4n) is 2.92. The summed E-state index contributed by atoms with van der Waals surface area (Å²) in [5, 5.41) is 19.8. The molecule has 34 heavy (non-hydrogen) atoms. The fourth-order valence-corrected chi connectivity index (χ4v) is 2.92. The molecule has 0 aliphatic heterocycles. The molecule has 0 saturated heterocycles. The molecule has 4 aromatic rings. The van der Waals surface area contributed by atoms with Gasteiger partial charge in [0.2, 0.25) is 17.8 Å². The van der Waals surface area contributed by atoms with E-state index in [1.54, 1.807) is 48.5 Å². The van der Waals surface area contributed by atoms with Crippen LogP contribution in [0.3, 0.4) is 0 Å². The average molecular weight is 461 g/mol. The zero-order valence-corrected chi connectivity index (χ0v) is 17.9. The first kappa shape index (κ1) is 22.6. The van der Waals surface area contributed by atoms with Gasteiger partial charge in [-0.3, -0.25) is 0 Å². The fraction of sp³-hybridized carbons (Fsp3) is 0.0833. The second-order valence-electron chi connectivity index (χ2n) is 7.23.